The predicted molar refractivity (Wildman–Crippen MR) is 103 cm³/mol. The average molecular weight is 391 g/mol. The van der Waals surface area contributed by atoms with Crippen molar-refractivity contribution in [2.75, 3.05) is 32.7 Å². The summed E-state index contributed by atoms with van der Waals surface area (Å²) in [7, 11) is -3.46. The lowest BCUT2D eigenvalue weighted by Crippen LogP contribution is -2.31. The molecule has 0 spiro atoms. The lowest BCUT2D eigenvalue weighted by atomic mass is 10.0. The van der Waals surface area contributed by atoms with Crippen LogP contribution in [0.2, 0.25) is 0 Å². The first-order valence-corrected chi connectivity index (χ1v) is 11.2. The third kappa shape index (κ3) is 3.87. The zero-order chi connectivity index (χ0) is 18.9. The predicted octanol–water partition coefficient (Wildman–Crippen LogP) is 0.963. The number of carbonyl (C=O) groups excluding carboxylic acids is 1. The molecule has 0 bridgehead atoms. The Balaban J connectivity index is 1.19. The molecule has 146 valence electrons. The van der Waals surface area contributed by atoms with Gasteiger partial charge in [-0.15, -0.1) is 0 Å². The van der Waals surface area contributed by atoms with Crippen LogP contribution < -0.4 is 10.0 Å². The minimum atomic E-state index is -3.46. The Kier molecular flexibility index (Phi) is 5.19. The van der Waals surface area contributed by atoms with Crippen LogP contribution in [0.5, 0.6) is 0 Å². The van der Waals surface area contributed by atoms with Crippen molar-refractivity contribution in [2.45, 2.75) is 30.6 Å². The Morgan fingerprint density at radius 2 is 1.85 bits per heavy atom. The first kappa shape index (κ1) is 18.4. The summed E-state index contributed by atoms with van der Waals surface area (Å²) < 4.78 is 26.6. The minimum absolute atomic E-state index is 0.271. The summed E-state index contributed by atoms with van der Waals surface area (Å²) in [6, 6.07) is 6.88. The molecule has 2 atom stereocenters. The largest absolute Gasteiger partial charge is 0.342 e. The van der Waals surface area contributed by atoms with Crippen LogP contribution in [0.1, 0.15) is 31.2 Å². The smallest absolute Gasteiger partial charge is 0.263 e. The summed E-state index contributed by atoms with van der Waals surface area (Å²) in [5.74, 6) is 1.98. The van der Waals surface area contributed by atoms with Crippen molar-refractivity contribution in [1.29, 1.82) is 0 Å². The Labute approximate surface area is 160 Å². The van der Waals surface area contributed by atoms with E-state index in [-0.39, 0.29) is 5.91 Å². The highest BCUT2D eigenvalue weighted by Crippen LogP contribution is 2.27. The lowest BCUT2D eigenvalue weighted by molar-refractivity contribution is -0.130. The van der Waals surface area contributed by atoms with Crippen LogP contribution in [0.3, 0.4) is 0 Å². The molecule has 0 radical (unpaired) electrons. The van der Waals surface area contributed by atoms with Gasteiger partial charge in [0.25, 0.3) is 10.0 Å². The number of nitrogens with one attached hydrogen (secondary N) is 2. The van der Waals surface area contributed by atoms with Crippen LogP contribution in [0.15, 0.2) is 34.2 Å². The molecule has 8 heteroatoms. The summed E-state index contributed by atoms with van der Waals surface area (Å²) in [5, 5.41) is 3.39. The SMILES string of the molecule is O=C(CCCCCN=C1NS(=O)(=O)c2ccccc21)N1C[C@H]2CNC[C@H]2C1. The van der Waals surface area contributed by atoms with Gasteiger partial charge in [0.1, 0.15) is 5.84 Å². The molecule has 1 aromatic rings. The minimum Gasteiger partial charge on any atom is -0.342 e. The number of carbonyl (C=O) groups is 1. The Bertz CT molecular complexity index is 840. The molecule has 0 aliphatic carbocycles. The van der Waals surface area contributed by atoms with E-state index in [0.717, 1.165) is 45.4 Å². The summed E-state index contributed by atoms with van der Waals surface area (Å²) in [4.78, 5) is 19.1. The number of aliphatic imine (C=N–C) groups is 1. The van der Waals surface area contributed by atoms with E-state index in [2.05, 4.69) is 15.0 Å². The maximum atomic E-state index is 12.3. The van der Waals surface area contributed by atoms with Gasteiger partial charge in [-0.25, -0.2) is 8.42 Å². The van der Waals surface area contributed by atoms with Gasteiger partial charge in [-0.2, -0.15) is 0 Å². The van der Waals surface area contributed by atoms with Crippen LogP contribution in [-0.2, 0) is 14.8 Å². The molecule has 1 aromatic carbocycles. The number of fused-ring (bicyclic) bond motifs is 2. The van der Waals surface area contributed by atoms with Crippen molar-refractivity contribution in [1.82, 2.24) is 14.9 Å². The van der Waals surface area contributed by atoms with Crippen molar-refractivity contribution < 1.29 is 13.2 Å². The van der Waals surface area contributed by atoms with Gasteiger partial charge in [-0.3, -0.25) is 14.5 Å². The van der Waals surface area contributed by atoms with Gasteiger partial charge in [0.15, 0.2) is 0 Å². The number of amidine groups is 1. The summed E-state index contributed by atoms with van der Waals surface area (Å²) in [5.41, 5.74) is 0.641. The highest BCUT2D eigenvalue weighted by Gasteiger charge is 2.37. The van der Waals surface area contributed by atoms with E-state index < -0.39 is 10.0 Å². The number of unbranched alkanes of at least 4 members (excludes halogenated alkanes) is 2. The summed E-state index contributed by atoms with van der Waals surface area (Å²) >= 11 is 0. The Hall–Kier alpha value is -1.93. The average Bonchev–Trinajstić information content (AvgIpc) is 3.31. The van der Waals surface area contributed by atoms with Crippen molar-refractivity contribution in [2.24, 2.45) is 16.8 Å². The number of likely N-dealkylation sites (tertiary alicyclic amines) is 1. The van der Waals surface area contributed by atoms with Crippen LogP contribution in [0, 0.1) is 11.8 Å². The molecule has 2 saturated heterocycles. The molecule has 0 unspecified atom stereocenters. The first-order valence-electron chi connectivity index (χ1n) is 9.70. The molecule has 4 rings (SSSR count). The monoisotopic (exact) mass is 390 g/mol. The molecule has 7 nitrogen and oxygen atoms in total. The van der Waals surface area contributed by atoms with Gasteiger partial charge >= 0.3 is 0 Å². The normalized spacial score (nSPS) is 26.8. The summed E-state index contributed by atoms with van der Waals surface area (Å²) in [6.45, 7) is 4.46. The van der Waals surface area contributed by atoms with Gasteiger partial charge in [0, 0.05) is 44.7 Å². The van der Waals surface area contributed by atoms with Gasteiger partial charge in [0.05, 0.1) is 4.90 Å². The lowest BCUT2D eigenvalue weighted by Gasteiger charge is -2.17. The third-order valence-electron chi connectivity index (χ3n) is 5.72. The standard InChI is InChI=1S/C19H26N4O3S/c24-18(23-12-14-10-20-11-15(14)13-23)8-2-1-5-9-21-19-16-6-3-4-7-17(16)27(25,26)22-19/h3-4,6-7,14-15,20H,1-2,5,8-13H2,(H,21,22)/t14-,15+. The molecule has 27 heavy (non-hydrogen) atoms. The second-order valence-corrected chi connectivity index (χ2v) is 9.27. The molecular formula is C19H26N4O3S. The highest BCUT2D eigenvalue weighted by molar-refractivity contribution is 7.90. The fraction of sp³-hybridized carbons (Fsp3) is 0.579. The zero-order valence-corrected chi connectivity index (χ0v) is 16.2. The van der Waals surface area contributed by atoms with Crippen molar-refractivity contribution in [3.8, 4) is 0 Å². The summed E-state index contributed by atoms with van der Waals surface area (Å²) in [6.07, 6.45) is 3.21. The third-order valence-corrected chi connectivity index (χ3v) is 7.12. The van der Waals surface area contributed by atoms with Gasteiger partial charge in [-0.1, -0.05) is 18.6 Å². The number of nitrogens with zero attached hydrogens (tertiary/aromatic N) is 2. The maximum Gasteiger partial charge on any atom is 0.263 e. The van der Waals surface area contributed by atoms with Crippen LogP contribution in [0.25, 0.3) is 0 Å². The quantitative estimate of drug-likeness (QED) is 0.708. The Morgan fingerprint density at radius 1 is 1.11 bits per heavy atom. The first-order chi connectivity index (χ1) is 13.0. The van der Waals surface area contributed by atoms with E-state index in [1.165, 1.54) is 0 Å². The zero-order valence-electron chi connectivity index (χ0n) is 15.4. The highest BCUT2D eigenvalue weighted by atomic mass is 32.2. The maximum absolute atomic E-state index is 12.3. The van der Waals surface area contributed by atoms with Crippen molar-refractivity contribution in [3.05, 3.63) is 29.8 Å². The van der Waals surface area contributed by atoms with Crippen molar-refractivity contribution in [3.63, 3.8) is 0 Å². The van der Waals surface area contributed by atoms with Crippen LogP contribution in [0.4, 0.5) is 0 Å². The molecule has 3 aliphatic rings. The molecule has 3 aliphatic heterocycles. The topological polar surface area (TPSA) is 90.9 Å². The molecule has 0 aromatic heterocycles. The molecule has 0 saturated carbocycles. The van der Waals surface area contributed by atoms with Gasteiger partial charge < -0.3 is 10.2 Å². The number of hydrogen-bond donors (Lipinski definition) is 2. The molecule has 3 heterocycles. The van der Waals surface area contributed by atoms with E-state index >= 15 is 0 Å². The van der Waals surface area contributed by atoms with E-state index in [1.807, 2.05) is 11.0 Å². The number of hydrogen-bond acceptors (Lipinski definition) is 5. The Morgan fingerprint density at radius 3 is 2.63 bits per heavy atom. The van der Waals surface area contributed by atoms with Crippen molar-refractivity contribution >= 4 is 21.8 Å². The number of amides is 1. The van der Waals surface area contributed by atoms with E-state index in [4.69, 9.17) is 0 Å². The van der Waals surface area contributed by atoms with Crippen LogP contribution >= 0.6 is 0 Å². The second kappa shape index (κ2) is 7.59. The van der Waals surface area contributed by atoms with Gasteiger partial charge in [0.2, 0.25) is 5.91 Å². The molecule has 2 fully saturated rings. The number of sulfonamides is 1. The number of benzene rings is 1. The fourth-order valence-corrected chi connectivity index (χ4v) is 5.48. The second-order valence-electron chi connectivity index (χ2n) is 7.62. The van der Waals surface area contributed by atoms with E-state index in [1.54, 1.807) is 18.2 Å². The van der Waals surface area contributed by atoms with Crippen LogP contribution in [-0.4, -0.2) is 57.8 Å². The van der Waals surface area contributed by atoms with E-state index in [9.17, 15) is 13.2 Å². The van der Waals surface area contributed by atoms with E-state index in [0.29, 0.717) is 41.1 Å². The number of rotatable bonds is 6. The fourth-order valence-electron chi connectivity index (χ4n) is 4.22. The molecule has 1 amide bonds. The molecular weight excluding hydrogens is 364 g/mol. The molecule has 2 N–H and O–H groups in total. The van der Waals surface area contributed by atoms with Gasteiger partial charge in [-0.05, 0) is 36.8 Å².